The van der Waals surface area contributed by atoms with Crippen molar-refractivity contribution in [1.29, 1.82) is 5.26 Å². The summed E-state index contributed by atoms with van der Waals surface area (Å²) in [6.45, 7) is 1.75. The Kier molecular flexibility index (Phi) is 4.13. The number of nitriles is 1. The van der Waals surface area contributed by atoms with E-state index in [4.69, 9.17) is 5.26 Å². The number of amides is 1. The topological polar surface area (TPSA) is 58.1 Å². The molecule has 0 spiro atoms. The van der Waals surface area contributed by atoms with Gasteiger partial charge in [-0.3, -0.25) is 4.79 Å². The number of carbonyl (C=O) groups is 1. The van der Waals surface area contributed by atoms with Gasteiger partial charge in [-0.25, -0.2) is 0 Å². The molecule has 1 amide bonds. The lowest BCUT2D eigenvalue weighted by molar-refractivity contribution is -0.169. The molecule has 0 aliphatic heterocycles. The first-order chi connectivity index (χ1) is 10.3. The molecule has 1 aromatic carbocycles. The number of aromatic nitrogens is 1. The van der Waals surface area contributed by atoms with Gasteiger partial charge in [-0.1, -0.05) is 12.1 Å². The Morgan fingerprint density at radius 1 is 1.27 bits per heavy atom. The Balaban J connectivity index is 2.66. The summed E-state index contributed by atoms with van der Waals surface area (Å²) < 4.78 is 38.4. The monoisotopic (exact) mass is 305 g/mol. The Hall–Kier alpha value is -2.88. The van der Waals surface area contributed by atoms with Gasteiger partial charge in [0.1, 0.15) is 5.49 Å². The van der Waals surface area contributed by atoms with Crippen LogP contribution in [0.5, 0.6) is 0 Å². The third-order valence-electron chi connectivity index (χ3n) is 2.79. The van der Waals surface area contributed by atoms with Gasteiger partial charge in [0.15, 0.2) is 0 Å². The first kappa shape index (κ1) is 15.5. The summed E-state index contributed by atoms with van der Waals surface area (Å²) in [5.41, 5.74) is 1.39. The Bertz CT molecular complexity index is 829. The van der Waals surface area contributed by atoms with E-state index in [0.717, 1.165) is 5.56 Å². The number of alkyl halides is 3. The Labute approximate surface area is 123 Å². The van der Waals surface area contributed by atoms with E-state index < -0.39 is 12.1 Å². The molecular weight excluding hydrogens is 295 g/mol. The number of hydrogen-bond donors (Lipinski definition) is 0. The predicted octanol–water partition coefficient (Wildman–Crippen LogP) is 2.65. The highest BCUT2D eigenvalue weighted by atomic mass is 19.4. The van der Waals surface area contributed by atoms with Crippen molar-refractivity contribution >= 4 is 5.91 Å². The number of benzene rings is 1. The zero-order valence-electron chi connectivity index (χ0n) is 11.4. The van der Waals surface area contributed by atoms with Crippen molar-refractivity contribution in [2.75, 3.05) is 0 Å². The van der Waals surface area contributed by atoms with E-state index in [0.29, 0.717) is 11.3 Å². The first-order valence-electron chi connectivity index (χ1n) is 6.17. The number of nitrogens with zero attached hydrogens (tertiary/aromatic N) is 3. The summed E-state index contributed by atoms with van der Waals surface area (Å²) in [7, 11) is 0. The van der Waals surface area contributed by atoms with Gasteiger partial charge >= 0.3 is 12.1 Å². The van der Waals surface area contributed by atoms with Crippen LogP contribution in [0.2, 0.25) is 0 Å². The van der Waals surface area contributed by atoms with Gasteiger partial charge in [0.2, 0.25) is 0 Å². The molecule has 0 N–H and O–H groups in total. The minimum atomic E-state index is -5.03. The van der Waals surface area contributed by atoms with Crippen LogP contribution in [0, 0.1) is 18.3 Å². The van der Waals surface area contributed by atoms with Gasteiger partial charge in [0, 0.05) is 11.9 Å². The molecule has 22 heavy (non-hydrogen) atoms. The summed E-state index contributed by atoms with van der Waals surface area (Å²) in [6, 6.07) is 11.1. The zero-order valence-corrected chi connectivity index (χ0v) is 11.4. The standard InChI is InChI=1S/C15H10F3N3O/c1-10-5-6-13(20-14(22)15(16,17)18)21(9-10)12-4-2-3-11(7-12)8-19/h2-7,9H,1H3. The normalized spacial score (nSPS) is 12.0. The molecule has 0 aliphatic carbocycles. The SMILES string of the molecule is Cc1ccc(=NC(=O)C(F)(F)F)n(-c2cccc(C#N)c2)c1. The second kappa shape index (κ2) is 5.85. The summed E-state index contributed by atoms with van der Waals surface area (Å²) in [5.74, 6) is -2.18. The molecule has 1 heterocycles. The minimum Gasteiger partial charge on any atom is -0.301 e. The second-order valence-corrected chi connectivity index (χ2v) is 4.51. The fourth-order valence-corrected chi connectivity index (χ4v) is 1.79. The molecule has 4 nitrogen and oxygen atoms in total. The fraction of sp³-hybridized carbons (Fsp3) is 0.133. The van der Waals surface area contributed by atoms with Crippen LogP contribution >= 0.6 is 0 Å². The number of pyridine rings is 1. The van der Waals surface area contributed by atoms with Crippen LogP contribution in [0.3, 0.4) is 0 Å². The van der Waals surface area contributed by atoms with E-state index in [1.807, 2.05) is 6.07 Å². The van der Waals surface area contributed by atoms with Gasteiger partial charge in [0.25, 0.3) is 0 Å². The third kappa shape index (κ3) is 3.41. The van der Waals surface area contributed by atoms with E-state index in [1.165, 1.54) is 16.7 Å². The molecule has 112 valence electrons. The molecule has 0 unspecified atom stereocenters. The Morgan fingerprint density at radius 3 is 2.64 bits per heavy atom. The lowest BCUT2D eigenvalue weighted by Crippen LogP contribution is -2.27. The molecule has 7 heteroatoms. The molecule has 0 fully saturated rings. The second-order valence-electron chi connectivity index (χ2n) is 4.51. The number of carbonyl (C=O) groups excluding carboxylic acids is 1. The van der Waals surface area contributed by atoms with Crippen molar-refractivity contribution in [1.82, 2.24) is 4.57 Å². The Morgan fingerprint density at radius 2 is 2.00 bits per heavy atom. The summed E-state index contributed by atoms with van der Waals surface area (Å²) in [4.78, 5) is 14.2. The highest BCUT2D eigenvalue weighted by Crippen LogP contribution is 2.16. The van der Waals surface area contributed by atoms with Gasteiger partial charge in [-0.05, 0) is 36.8 Å². The number of aryl methyl sites for hydroxylation is 1. The minimum absolute atomic E-state index is 0.164. The maximum absolute atomic E-state index is 12.4. The van der Waals surface area contributed by atoms with E-state index in [2.05, 4.69) is 4.99 Å². The van der Waals surface area contributed by atoms with E-state index in [1.54, 1.807) is 37.4 Å². The van der Waals surface area contributed by atoms with E-state index in [-0.39, 0.29) is 5.49 Å². The van der Waals surface area contributed by atoms with Crippen LogP contribution in [-0.4, -0.2) is 16.7 Å². The summed E-state index contributed by atoms with van der Waals surface area (Å²) in [6.07, 6.45) is -3.49. The third-order valence-corrected chi connectivity index (χ3v) is 2.79. The lowest BCUT2D eigenvalue weighted by atomic mass is 10.2. The van der Waals surface area contributed by atoms with Crippen LogP contribution < -0.4 is 5.49 Å². The predicted molar refractivity (Wildman–Crippen MR) is 71.8 cm³/mol. The maximum Gasteiger partial charge on any atom is 0.473 e. The molecule has 0 saturated carbocycles. The maximum atomic E-state index is 12.4. The first-order valence-corrected chi connectivity index (χ1v) is 6.17. The van der Waals surface area contributed by atoms with E-state index in [9.17, 15) is 18.0 Å². The highest BCUT2D eigenvalue weighted by molar-refractivity contribution is 5.82. The molecule has 1 aromatic heterocycles. The van der Waals surface area contributed by atoms with Crippen molar-refractivity contribution in [3.63, 3.8) is 0 Å². The number of rotatable bonds is 1. The summed E-state index contributed by atoms with van der Waals surface area (Å²) in [5, 5.41) is 8.90. The quantitative estimate of drug-likeness (QED) is 0.813. The average Bonchev–Trinajstić information content (AvgIpc) is 2.48. The molecule has 0 bridgehead atoms. The van der Waals surface area contributed by atoms with Crippen LogP contribution in [0.4, 0.5) is 13.2 Å². The van der Waals surface area contributed by atoms with Crippen LogP contribution in [0.1, 0.15) is 11.1 Å². The molecular formula is C15H10F3N3O. The van der Waals surface area contributed by atoms with Crippen molar-refractivity contribution < 1.29 is 18.0 Å². The largest absolute Gasteiger partial charge is 0.473 e. The highest BCUT2D eigenvalue weighted by Gasteiger charge is 2.38. The number of halogens is 3. The van der Waals surface area contributed by atoms with Crippen molar-refractivity contribution in [3.05, 3.63) is 59.2 Å². The molecule has 0 saturated heterocycles. The van der Waals surface area contributed by atoms with Crippen LogP contribution in [0.15, 0.2) is 47.6 Å². The van der Waals surface area contributed by atoms with Gasteiger partial charge in [-0.15, -0.1) is 0 Å². The smallest absolute Gasteiger partial charge is 0.301 e. The van der Waals surface area contributed by atoms with E-state index >= 15 is 0 Å². The van der Waals surface area contributed by atoms with Crippen molar-refractivity contribution in [2.45, 2.75) is 13.1 Å². The van der Waals surface area contributed by atoms with Crippen molar-refractivity contribution in [2.24, 2.45) is 4.99 Å². The molecule has 2 aromatic rings. The fourth-order valence-electron chi connectivity index (χ4n) is 1.79. The van der Waals surface area contributed by atoms with Gasteiger partial charge in [-0.2, -0.15) is 23.4 Å². The van der Waals surface area contributed by atoms with Crippen LogP contribution in [0.25, 0.3) is 5.69 Å². The lowest BCUT2D eigenvalue weighted by Gasteiger charge is -2.09. The van der Waals surface area contributed by atoms with Gasteiger partial charge < -0.3 is 4.57 Å². The average molecular weight is 305 g/mol. The summed E-state index contributed by atoms with van der Waals surface area (Å²) >= 11 is 0. The molecule has 2 rings (SSSR count). The number of hydrogen-bond acceptors (Lipinski definition) is 2. The zero-order chi connectivity index (χ0) is 16.3. The van der Waals surface area contributed by atoms with Crippen LogP contribution in [-0.2, 0) is 4.79 Å². The molecule has 0 atom stereocenters. The molecule has 0 aliphatic rings. The van der Waals surface area contributed by atoms with Gasteiger partial charge in [0.05, 0.1) is 11.6 Å². The van der Waals surface area contributed by atoms with Crippen molar-refractivity contribution in [3.8, 4) is 11.8 Å². The molecule has 0 radical (unpaired) electrons.